The lowest BCUT2D eigenvalue weighted by molar-refractivity contribution is -0.141. The molecule has 0 N–H and O–H groups in total. The first-order valence-electron chi connectivity index (χ1n) is 7.31. The van der Waals surface area contributed by atoms with E-state index in [0.717, 1.165) is 0 Å². The molecule has 2 aromatic rings. The van der Waals surface area contributed by atoms with Crippen molar-refractivity contribution in [1.29, 1.82) is 0 Å². The van der Waals surface area contributed by atoms with Gasteiger partial charge in [0.05, 0.1) is 7.11 Å². The van der Waals surface area contributed by atoms with Crippen LogP contribution in [0, 0.1) is 0 Å². The Hall–Kier alpha value is -2.82. The number of methoxy groups -OCH3 is 1. The van der Waals surface area contributed by atoms with Crippen molar-refractivity contribution in [3.63, 3.8) is 0 Å². The predicted octanol–water partition coefficient (Wildman–Crippen LogP) is 2.45. The van der Waals surface area contributed by atoms with Gasteiger partial charge in [-0.2, -0.15) is 0 Å². The van der Waals surface area contributed by atoms with Crippen molar-refractivity contribution in [2.24, 2.45) is 0 Å². The molecule has 1 heterocycles. The van der Waals surface area contributed by atoms with Crippen molar-refractivity contribution in [1.82, 2.24) is 0 Å². The summed E-state index contributed by atoms with van der Waals surface area (Å²) in [6.45, 7) is 1.47. The van der Waals surface area contributed by atoms with Gasteiger partial charge in [-0.15, -0.1) is 0 Å². The molecule has 5 heteroatoms. The minimum atomic E-state index is -0.781. The van der Waals surface area contributed by atoms with Gasteiger partial charge < -0.3 is 9.47 Å². The molecule has 3 rings (SSSR count). The zero-order valence-electron chi connectivity index (χ0n) is 12.9. The van der Waals surface area contributed by atoms with E-state index in [2.05, 4.69) is 0 Å². The molecule has 1 amide bonds. The van der Waals surface area contributed by atoms with Gasteiger partial charge in [-0.1, -0.05) is 18.2 Å². The van der Waals surface area contributed by atoms with Gasteiger partial charge in [0.1, 0.15) is 17.5 Å². The highest BCUT2D eigenvalue weighted by atomic mass is 16.5. The highest BCUT2D eigenvalue weighted by Crippen LogP contribution is 2.32. The number of benzene rings is 2. The monoisotopic (exact) mass is 311 g/mol. The molecule has 1 aliphatic rings. The Morgan fingerprint density at radius 1 is 1.00 bits per heavy atom. The fourth-order valence-electron chi connectivity index (χ4n) is 2.65. The first-order chi connectivity index (χ1) is 11.1. The number of ether oxygens (including phenoxy) is 2. The Balaban J connectivity index is 1.82. The number of rotatable bonds is 5. The number of hydrogen-bond acceptors (Lipinski definition) is 4. The van der Waals surface area contributed by atoms with Gasteiger partial charge in [0.25, 0.3) is 5.91 Å². The summed E-state index contributed by atoms with van der Waals surface area (Å²) in [5.74, 6) is 0.935. The lowest BCUT2D eigenvalue weighted by atomic mass is 9.93. The van der Waals surface area contributed by atoms with Crippen molar-refractivity contribution in [3.8, 4) is 11.5 Å². The number of carbonyl (C=O) groups is 2. The van der Waals surface area contributed by atoms with Crippen molar-refractivity contribution < 1.29 is 19.1 Å². The fraction of sp³-hybridized carbons (Fsp3) is 0.222. The van der Waals surface area contributed by atoms with Crippen LogP contribution in [0.2, 0.25) is 0 Å². The molecule has 0 bridgehead atoms. The van der Waals surface area contributed by atoms with E-state index >= 15 is 0 Å². The van der Waals surface area contributed by atoms with E-state index in [1.807, 2.05) is 18.2 Å². The number of hydrogen-bond donors (Lipinski definition) is 0. The minimum Gasteiger partial charge on any atom is -0.497 e. The van der Waals surface area contributed by atoms with Crippen LogP contribution in [-0.2, 0) is 9.59 Å². The molecular weight excluding hydrogens is 294 g/mol. The van der Waals surface area contributed by atoms with Crippen LogP contribution in [0.1, 0.15) is 6.92 Å². The van der Waals surface area contributed by atoms with Crippen LogP contribution in [0.4, 0.5) is 5.69 Å². The molecule has 0 spiro atoms. The van der Waals surface area contributed by atoms with Crippen molar-refractivity contribution in [2.75, 3.05) is 12.0 Å². The largest absolute Gasteiger partial charge is 0.497 e. The molecule has 5 nitrogen and oxygen atoms in total. The standard InChI is InChI=1S/C18H17NO4/c1-12(20)16-17(23-15-6-4-3-5-7-15)18(21)19(16)13-8-10-14(22-2)11-9-13/h3-11,16-17H,1-2H3/t16-,17+/m0/s1. The number of ketones is 1. The number of β-lactam (4-membered cyclic amide) rings is 1. The number of carbonyl (C=O) groups excluding carboxylic acids is 2. The van der Waals surface area contributed by atoms with Gasteiger partial charge in [0.2, 0.25) is 6.10 Å². The fourth-order valence-corrected chi connectivity index (χ4v) is 2.65. The third-order valence-corrected chi connectivity index (χ3v) is 3.82. The van der Waals surface area contributed by atoms with E-state index in [1.165, 1.54) is 11.8 Å². The van der Waals surface area contributed by atoms with Gasteiger partial charge in [0, 0.05) is 5.69 Å². The average Bonchev–Trinajstić information content (AvgIpc) is 2.58. The van der Waals surface area contributed by atoms with Gasteiger partial charge in [0.15, 0.2) is 5.78 Å². The van der Waals surface area contributed by atoms with E-state index < -0.39 is 12.1 Å². The predicted molar refractivity (Wildman–Crippen MR) is 85.8 cm³/mol. The molecule has 0 saturated carbocycles. The number of amides is 1. The summed E-state index contributed by atoms with van der Waals surface area (Å²) in [7, 11) is 1.58. The summed E-state index contributed by atoms with van der Waals surface area (Å²) in [5, 5.41) is 0. The van der Waals surface area contributed by atoms with E-state index in [9.17, 15) is 9.59 Å². The SMILES string of the molecule is COc1ccc(N2C(=O)[C@H](Oc3ccccc3)[C@@H]2C(C)=O)cc1. The second-order valence-electron chi connectivity index (χ2n) is 5.31. The lowest BCUT2D eigenvalue weighted by Crippen LogP contribution is -2.70. The van der Waals surface area contributed by atoms with Gasteiger partial charge in [-0.25, -0.2) is 0 Å². The van der Waals surface area contributed by atoms with E-state index in [1.54, 1.807) is 43.5 Å². The number of nitrogens with zero attached hydrogens (tertiary/aromatic N) is 1. The smallest absolute Gasteiger partial charge is 0.271 e. The number of para-hydroxylation sites is 1. The zero-order valence-corrected chi connectivity index (χ0v) is 12.9. The molecule has 1 aliphatic heterocycles. The molecule has 1 fully saturated rings. The van der Waals surface area contributed by atoms with Crippen LogP contribution < -0.4 is 14.4 Å². The average molecular weight is 311 g/mol. The molecule has 2 atom stereocenters. The maximum atomic E-state index is 12.5. The first-order valence-corrected chi connectivity index (χ1v) is 7.31. The second kappa shape index (κ2) is 6.12. The Morgan fingerprint density at radius 3 is 2.22 bits per heavy atom. The van der Waals surface area contributed by atoms with Crippen molar-refractivity contribution in [2.45, 2.75) is 19.1 Å². The molecule has 0 aliphatic carbocycles. The van der Waals surface area contributed by atoms with Crippen LogP contribution >= 0.6 is 0 Å². The first kappa shape index (κ1) is 15.1. The van der Waals surface area contributed by atoms with Crippen molar-refractivity contribution >= 4 is 17.4 Å². The maximum Gasteiger partial charge on any atom is 0.271 e. The van der Waals surface area contributed by atoms with Gasteiger partial charge >= 0.3 is 0 Å². The Morgan fingerprint density at radius 2 is 1.65 bits per heavy atom. The Bertz CT molecular complexity index is 712. The summed E-state index contributed by atoms with van der Waals surface area (Å²) >= 11 is 0. The zero-order chi connectivity index (χ0) is 16.4. The highest BCUT2D eigenvalue weighted by molar-refractivity contribution is 6.13. The Labute approximate surface area is 134 Å². The summed E-state index contributed by atoms with van der Waals surface area (Å²) in [5.41, 5.74) is 0.656. The Kier molecular flexibility index (Phi) is 4.02. The quantitative estimate of drug-likeness (QED) is 0.796. The molecule has 0 radical (unpaired) electrons. The lowest BCUT2D eigenvalue weighted by Gasteiger charge is -2.45. The summed E-state index contributed by atoms with van der Waals surface area (Å²) in [4.78, 5) is 25.9. The van der Waals surface area contributed by atoms with Crippen LogP contribution in [0.25, 0.3) is 0 Å². The van der Waals surface area contributed by atoms with Crippen LogP contribution in [-0.4, -0.2) is 30.9 Å². The minimum absolute atomic E-state index is 0.110. The van der Waals surface area contributed by atoms with Crippen LogP contribution in [0.3, 0.4) is 0 Å². The van der Waals surface area contributed by atoms with E-state index in [0.29, 0.717) is 17.2 Å². The van der Waals surface area contributed by atoms with Gasteiger partial charge in [-0.3, -0.25) is 14.5 Å². The molecule has 23 heavy (non-hydrogen) atoms. The number of anilines is 1. The van der Waals surface area contributed by atoms with Crippen LogP contribution in [0.5, 0.6) is 11.5 Å². The van der Waals surface area contributed by atoms with Crippen molar-refractivity contribution in [3.05, 3.63) is 54.6 Å². The maximum absolute atomic E-state index is 12.5. The summed E-state index contributed by atoms with van der Waals surface area (Å²) in [6.07, 6.45) is -0.781. The molecule has 0 unspecified atom stereocenters. The molecule has 2 aromatic carbocycles. The molecular formula is C18H17NO4. The summed E-state index contributed by atoms with van der Waals surface area (Å²) in [6, 6.07) is 15.4. The van der Waals surface area contributed by atoms with Gasteiger partial charge in [-0.05, 0) is 43.3 Å². The van der Waals surface area contributed by atoms with E-state index in [-0.39, 0.29) is 11.7 Å². The second-order valence-corrected chi connectivity index (χ2v) is 5.31. The molecule has 118 valence electrons. The topological polar surface area (TPSA) is 55.8 Å². The van der Waals surface area contributed by atoms with Crippen LogP contribution in [0.15, 0.2) is 54.6 Å². The number of Topliss-reactive ketones (excluding diaryl/α,β-unsaturated/α-hetero) is 1. The molecule has 1 saturated heterocycles. The third-order valence-electron chi connectivity index (χ3n) is 3.82. The third kappa shape index (κ3) is 2.77. The summed E-state index contributed by atoms with van der Waals surface area (Å²) < 4.78 is 10.8. The normalized spacial score (nSPS) is 19.9. The van der Waals surface area contributed by atoms with E-state index in [4.69, 9.17) is 9.47 Å². The molecule has 0 aromatic heterocycles. The highest BCUT2D eigenvalue weighted by Gasteiger charge is 2.52.